The van der Waals surface area contributed by atoms with Gasteiger partial charge in [-0.2, -0.15) is 0 Å². The van der Waals surface area contributed by atoms with Crippen molar-refractivity contribution in [1.82, 2.24) is 0 Å². The second-order valence-corrected chi connectivity index (χ2v) is 5.94. The molecule has 0 radical (unpaired) electrons. The Kier molecular flexibility index (Phi) is 6.20. The van der Waals surface area contributed by atoms with Gasteiger partial charge in [0.1, 0.15) is 11.6 Å². The molecule has 0 aliphatic carbocycles. The fraction of sp³-hybridized carbons (Fsp3) is 0.176. The molecule has 2 rings (SSSR count). The number of hydrogen-bond donors (Lipinski definition) is 2. The lowest BCUT2D eigenvalue weighted by Gasteiger charge is -2.09. The van der Waals surface area contributed by atoms with Crippen LogP contribution in [0.15, 0.2) is 47.4 Å². The zero-order valence-electron chi connectivity index (χ0n) is 13.3. The Hall–Kier alpha value is -2.54. The van der Waals surface area contributed by atoms with E-state index in [0.29, 0.717) is 5.69 Å². The maximum Gasteiger partial charge on any atom is 0.234 e. The molecule has 0 aromatic heterocycles. The molecule has 0 atom stereocenters. The molecular formula is C17H17FN2O3S. The van der Waals surface area contributed by atoms with Crippen molar-refractivity contribution in [3.8, 4) is 5.75 Å². The summed E-state index contributed by atoms with van der Waals surface area (Å²) in [5.41, 5.74) is 0.448. The standard InChI is InChI=1S/C17H17FN2O3S/c1-11(21)19-12-3-8-15(18)16(9-12)20-17(22)10-24-14-6-4-13(23-2)5-7-14/h3-9H,10H2,1-2H3,(H,19,21)(H,20,22). The summed E-state index contributed by atoms with van der Waals surface area (Å²) in [6.45, 7) is 1.35. The molecule has 5 nitrogen and oxygen atoms in total. The van der Waals surface area contributed by atoms with Crippen molar-refractivity contribution in [3.63, 3.8) is 0 Å². The average molecular weight is 348 g/mol. The third kappa shape index (κ3) is 5.27. The van der Waals surface area contributed by atoms with E-state index in [9.17, 15) is 14.0 Å². The maximum atomic E-state index is 13.8. The van der Waals surface area contributed by atoms with Crippen molar-refractivity contribution in [2.75, 3.05) is 23.5 Å². The van der Waals surface area contributed by atoms with Gasteiger partial charge in [-0.3, -0.25) is 9.59 Å². The van der Waals surface area contributed by atoms with Crippen molar-refractivity contribution < 1.29 is 18.7 Å². The van der Waals surface area contributed by atoms with Crippen LogP contribution in [-0.2, 0) is 9.59 Å². The van der Waals surface area contributed by atoms with Gasteiger partial charge in [-0.1, -0.05) is 0 Å². The molecule has 126 valence electrons. The summed E-state index contributed by atoms with van der Waals surface area (Å²) in [5, 5.41) is 5.05. The summed E-state index contributed by atoms with van der Waals surface area (Å²) in [6, 6.07) is 11.3. The Morgan fingerprint density at radius 3 is 2.46 bits per heavy atom. The molecule has 0 spiro atoms. The molecule has 24 heavy (non-hydrogen) atoms. The number of amides is 2. The first-order valence-corrected chi connectivity index (χ1v) is 8.10. The summed E-state index contributed by atoms with van der Waals surface area (Å²) in [6.07, 6.45) is 0. The lowest BCUT2D eigenvalue weighted by Crippen LogP contribution is -2.15. The van der Waals surface area contributed by atoms with Gasteiger partial charge < -0.3 is 15.4 Å². The first-order valence-electron chi connectivity index (χ1n) is 7.12. The zero-order valence-corrected chi connectivity index (χ0v) is 14.1. The fourth-order valence-electron chi connectivity index (χ4n) is 1.91. The van der Waals surface area contributed by atoms with E-state index in [2.05, 4.69) is 10.6 Å². The average Bonchev–Trinajstić information content (AvgIpc) is 2.56. The molecule has 2 amide bonds. The van der Waals surface area contributed by atoms with E-state index in [0.717, 1.165) is 10.6 Å². The molecule has 0 aliphatic heterocycles. The van der Waals surface area contributed by atoms with Crippen molar-refractivity contribution in [2.45, 2.75) is 11.8 Å². The van der Waals surface area contributed by atoms with E-state index in [4.69, 9.17) is 4.74 Å². The molecule has 2 aromatic carbocycles. The van der Waals surface area contributed by atoms with Crippen LogP contribution in [0.2, 0.25) is 0 Å². The van der Waals surface area contributed by atoms with E-state index < -0.39 is 5.82 Å². The molecule has 0 saturated heterocycles. The van der Waals surface area contributed by atoms with Crippen LogP contribution in [0, 0.1) is 5.82 Å². The number of methoxy groups -OCH3 is 1. The van der Waals surface area contributed by atoms with Gasteiger partial charge in [0.25, 0.3) is 0 Å². The molecule has 0 fully saturated rings. The Bertz CT molecular complexity index is 735. The third-order valence-corrected chi connectivity index (χ3v) is 4.00. The molecule has 2 aromatic rings. The Morgan fingerprint density at radius 2 is 1.83 bits per heavy atom. The third-order valence-electron chi connectivity index (χ3n) is 2.99. The maximum absolute atomic E-state index is 13.8. The molecular weight excluding hydrogens is 331 g/mol. The minimum atomic E-state index is -0.563. The lowest BCUT2D eigenvalue weighted by atomic mass is 10.2. The van der Waals surface area contributed by atoms with E-state index in [1.165, 1.54) is 36.9 Å². The van der Waals surface area contributed by atoms with Crippen molar-refractivity contribution in [1.29, 1.82) is 0 Å². The van der Waals surface area contributed by atoms with E-state index in [1.807, 2.05) is 12.1 Å². The molecule has 0 bridgehead atoms. The van der Waals surface area contributed by atoms with Crippen molar-refractivity contribution in [3.05, 3.63) is 48.3 Å². The normalized spacial score (nSPS) is 10.1. The number of carbonyl (C=O) groups excluding carboxylic acids is 2. The highest BCUT2D eigenvalue weighted by Gasteiger charge is 2.09. The number of halogens is 1. The highest BCUT2D eigenvalue weighted by molar-refractivity contribution is 8.00. The first kappa shape index (κ1) is 17.8. The second kappa shape index (κ2) is 8.35. The number of ether oxygens (including phenoxy) is 1. The lowest BCUT2D eigenvalue weighted by molar-refractivity contribution is -0.114. The van der Waals surface area contributed by atoms with Gasteiger partial charge in [0.05, 0.1) is 18.6 Å². The quantitative estimate of drug-likeness (QED) is 0.784. The van der Waals surface area contributed by atoms with Crippen LogP contribution in [0.1, 0.15) is 6.92 Å². The fourth-order valence-corrected chi connectivity index (χ4v) is 2.61. The predicted octanol–water partition coefficient (Wildman–Crippen LogP) is 3.52. The summed E-state index contributed by atoms with van der Waals surface area (Å²) in [4.78, 5) is 23.9. The summed E-state index contributed by atoms with van der Waals surface area (Å²) < 4.78 is 18.8. The van der Waals surface area contributed by atoms with Gasteiger partial charge in [-0.05, 0) is 42.5 Å². The SMILES string of the molecule is COc1ccc(SCC(=O)Nc2cc(NC(C)=O)ccc2F)cc1. The molecule has 0 unspecified atom stereocenters. The molecule has 0 saturated carbocycles. The van der Waals surface area contributed by atoms with Crippen LogP contribution in [-0.4, -0.2) is 24.7 Å². The minimum Gasteiger partial charge on any atom is -0.497 e. The highest BCUT2D eigenvalue weighted by Crippen LogP contribution is 2.23. The Balaban J connectivity index is 1.94. The molecule has 2 N–H and O–H groups in total. The molecule has 7 heteroatoms. The van der Waals surface area contributed by atoms with Crippen molar-refractivity contribution >= 4 is 35.0 Å². The van der Waals surface area contributed by atoms with Crippen LogP contribution in [0.3, 0.4) is 0 Å². The van der Waals surface area contributed by atoms with Crippen LogP contribution < -0.4 is 15.4 Å². The minimum absolute atomic E-state index is 0.0292. The number of carbonyl (C=O) groups is 2. The second-order valence-electron chi connectivity index (χ2n) is 4.89. The van der Waals surface area contributed by atoms with Crippen LogP contribution in [0.4, 0.5) is 15.8 Å². The van der Waals surface area contributed by atoms with Crippen LogP contribution in [0.25, 0.3) is 0 Å². The van der Waals surface area contributed by atoms with Gasteiger partial charge in [0.2, 0.25) is 11.8 Å². The number of rotatable bonds is 6. The largest absolute Gasteiger partial charge is 0.497 e. The Labute approximate surface area is 143 Å². The molecule has 0 heterocycles. The monoisotopic (exact) mass is 348 g/mol. The number of anilines is 2. The predicted molar refractivity (Wildman–Crippen MR) is 93.1 cm³/mol. The Morgan fingerprint density at radius 1 is 1.12 bits per heavy atom. The summed E-state index contributed by atoms with van der Waals surface area (Å²) in [7, 11) is 1.58. The number of benzene rings is 2. The van der Waals surface area contributed by atoms with E-state index in [1.54, 1.807) is 19.2 Å². The molecule has 0 aliphatic rings. The van der Waals surface area contributed by atoms with Crippen LogP contribution in [0.5, 0.6) is 5.75 Å². The summed E-state index contributed by atoms with van der Waals surface area (Å²) >= 11 is 1.33. The van der Waals surface area contributed by atoms with Gasteiger partial charge >= 0.3 is 0 Å². The number of nitrogens with one attached hydrogen (secondary N) is 2. The number of thioether (sulfide) groups is 1. The number of hydrogen-bond acceptors (Lipinski definition) is 4. The van der Waals surface area contributed by atoms with Gasteiger partial charge in [-0.25, -0.2) is 4.39 Å². The first-order chi connectivity index (χ1) is 11.5. The van der Waals surface area contributed by atoms with Gasteiger partial charge in [-0.15, -0.1) is 11.8 Å². The zero-order chi connectivity index (χ0) is 17.5. The summed E-state index contributed by atoms with van der Waals surface area (Å²) in [5.74, 6) is -0.299. The van der Waals surface area contributed by atoms with Gasteiger partial charge in [0, 0.05) is 17.5 Å². The van der Waals surface area contributed by atoms with Crippen LogP contribution >= 0.6 is 11.8 Å². The topological polar surface area (TPSA) is 67.4 Å². The smallest absolute Gasteiger partial charge is 0.234 e. The van der Waals surface area contributed by atoms with E-state index in [-0.39, 0.29) is 23.3 Å². The highest BCUT2D eigenvalue weighted by atomic mass is 32.2. The van der Waals surface area contributed by atoms with Crippen molar-refractivity contribution in [2.24, 2.45) is 0 Å². The van der Waals surface area contributed by atoms with E-state index >= 15 is 0 Å². The van der Waals surface area contributed by atoms with Gasteiger partial charge in [0.15, 0.2) is 0 Å².